The molecule has 2 heterocycles. The van der Waals surface area contributed by atoms with E-state index in [-0.39, 0.29) is 9.92 Å². The lowest BCUT2D eigenvalue weighted by Crippen LogP contribution is -2.13. The predicted molar refractivity (Wildman–Crippen MR) is 66.9 cm³/mol. The van der Waals surface area contributed by atoms with Crippen LogP contribution in [0.5, 0.6) is 0 Å². The molecule has 0 amide bonds. The Morgan fingerprint density at radius 3 is 2.76 bits per heavy atom. The molecule has 0 atom stereocenters. The van der Waals surface area contributed by atoms with Gasteiger partial charge in [0.25, 0.3) is 10.0 Å². The van der Waals surface area contributed by atoms with Gasteiger partial charge in [0.2, 0.25) is 0 Å². The molecule has 0 aliphatic rings. The topological polar surface area (TPSA) is 72.0 Å². The molecule has 17 heavy (non-hydrogen) atoms. The number of hydrogen-bond donors (Lipinski definition) is 1. The standard InChI is InChI=1S/C9H8ClN3O2S2/c1-6-4-12-9(16-6)13-17(14,15)8-5-11-3-2-7(8)10/h2-5H,1H3,(H,12,13). The number of hydrogen-bond acceptors (Lipinski definition) is 5. The van der Waals surface area contributed by atoms with Crippen LogP contribution in [-0.2, 0) is 10.0 Å². The first-order valence-electron chi connectivity index (χ1n) is 4.54. The minimum Gasteiger partial charge on any atom is -0.263 e. The van der Waals surface area contributed by atoms with Crippen molar-refractivity contribution in [1.82, 2.24) is 9.97 Å². The normalized spacial score (nSPS) is 11.4. The summed E-state index contributed by atoms with van der Waals surface area (Å²) in [6.07, 6.45) is 4.22. The van der Waals surface area contributed by atoms with Crippen LogP contribution in [0.2, 0.25) is 5.02 Å². The molecule has 0 saturated carbocycles. The second-order valence-electron chi connectivity index (χ2n) is 3.19. The van der Waals surface area contributed by atoms with Crippen LogP contribution in [-0.4, -0.2) is 18.4 Å². The molecule has 0 fully saturated rings. The van der Waals surface area contributed by atoms with Gasteiger partial charge < -0.3 is 0 Å². The van der Waals surface area contributed by atoms with E-state index in [9.17, 15) is 8.42 Å². The molecule has 0 radical (unpaired) electrons. The number of nitrogens with one attached hydrogen (secondary N) is 1. The molecule has 1 N–H and O–H groups in total. The molecule has 0 saturated heterocycles. The SMILES string of the molecule is Cc1cnc(NS(=O)(=O)c2cnccc2Cl)s1. The molecule has 0 aliphatic heterocycles. The zero-order valence-corrected chi connectivity index (χ0v) is 11.1. The number of halogens is 1. The Hall–Kier alpha value is -1.18. The Morgan fingerprint density at radius 1 is 1.41 bits per heavy atom. The quantitative estimate of drug-likeness (QED) is 0.941. The summed E-state index contributed by atoms with van der Waals surface area (Å²) in [6.45, 7) is 1.84. The monoisotopic (exact) mass is 289 g/mol. The molecule has 2 aromatic heterocycles. The highest BCUT2D eigenvalue weighted by Gasteiger charge is 2.19. The van der Waals surface area contributed by atoms with Gasteiger partial charge in [0.05, 0.1) is 5.02 Å². The van der Waals surface area contributed by atoms with Crippen molar-refractivity contribution in [3.63, 3.8) is 0 Å². The third kappa shape index (κ3) is 2.74. The minimum atomic E-state index is -3.73. The van der Waals surface area contributed by atoms with Crippen molar-refractivity contribution >= 4 is 38.1 Å². The first-order chi connectivity index (χ1) is 7.99. The van der Waals surface area contributed by atoms with Crippen LogP contribution in [0.25, 0.3) is 0 Å². The van der Waals surface area contributed by atoms with E-state index < -0.39 is 10.0 Å². The summed E-state index contributed by atoms with van der Waals surface area (Å²) in [6, 6.07) is 1.42. The van der Waals surface area contributed by atoms with Gasteiger partial charge in [-0.05, 0) is 13.0 Å². The van der Waals surface area contributed by atoms with Gasteiger partial charge in [-0.25, -0.2) is 13.4 Å². The average Bonchev–Trinajstić information content (AvgIpc) is 2.63. The van der Waals surface area contributed by atoms with E-state index in [1.54, 1.807) is 6.20 Å². The van der Waals surface area contributed by atoms with Crippen LogP contribution >= 0.6 is 22.9 Å². The number of sulfonamides is 1. The fourth-order valence-electron chi connectivity index (χ4n) is 1.13. The van der Waals surface area contributed by atoms with E-state index in [0.717, 1.165) is 4.88 Å². The Kier molecular flexibility index (Phi) is 3.32. The Labute approximate surface area is 108 Å². The summed E-state index contributed by atoms with van der Waals surface area (Å²) < 4.78 is 26.3. The molecular formula is C9H8ClN3O2S2. The van der Waals surface area contributed by atoms with Gasteiger partial charge in [-0.1, -0.05) is 11.6 Å². The number of aromatic nitrogens is 2. The number of pyridine rings is 1. The van der Waals surface area contributed by atoms with E-state index in [4.69, 9.17) is 11.6 Å². The third-order valence-corrected chi connectivity index (χ3v) is 4.63. The van der Waals surface area contributed by atoms with Crippen molar-refractivity contribution in [3.05, 3.63) is 34.6 Å². The molecule has 2 rings (SSSR count). The lowest BCUT2D eigenvalue weighted by Gasteiger charge is -2.05. The lowest BCUT2D eigenvalue weighted by atomic mass is 10.5. The zero-order chi connectivity index (χ0) is 12.5. The smallest absolute Gasteiger partial charge is 0.263 e. The fraction of sp³-hybridized carbons (Fsp3) is 0.111. The van der Waals surface area contributed by atoms with Crippen LogP contribution in [0.3, 0.4) is 0 Å². The van der Waals surface area contributed by atoms with Crippen molar-refractivity contribution < 1.29 is 8.42 Å². The van der Waals surface area contributed by atoms with Crippen LogP contribution in [0, 0.1) is 6.92 Å². The molecule has 0 aliphatic carbocycles. The van der Waals surface area contributed by atoms with Crippen LogP contribution in [0.15, 0.2) is 29.6 Å². The number of rotatable bonds is 3. The molecule has 2 aromatic rings. The van der Waals surface area contributed by atoms with Gasteiger partial charge in [0, 0.05) is 23.5 Å². The minimum absolute atomic E-state index is 0.0606. The number of anilines is 1. The first-order valence-corrected chi connectivity index (χ1v) is 7.21. The number of thiazole rings is 1. The molecular weight excluding hydrogens is 282 g/mol. The van der Waals surface area contributed by atoms with E-state index in [2.05, 4.69) is 14.7 Å². The Bertz CT molecular complexity index is 639. The van der Waals surface area contributed by atoms with Crippen LogP contribution in [0.4, 0.5) is 5.13 Å². The summed E-state index contributed by atoms with van der Waals surface area (Å²) in [5.41, 5.74) is 0. The van der Waals surface area contributed by atoms with Crippen molar-refractivity contribution in [2.24, 2.45) is 0 Å². The van der Waals surface area contributed by atoms with Crippen molar-refractivity contribution in [2.75, 3.05) is 4.72 Å². The summed E-state index contributed by atoms with van der Waals surface area (Å²) in [5.74, 6) is 0. The highest BCUT2D eigenvalue weighted by molar-refractivity contribution is 7.93. The fourth-order valence-corrected chi connectivity index (χ4v) is 3.47. The molecule has 0 aromatic carbocycles. The molecule has 8 heteroatoms. The second kappa shape index (κ2) is 4.59. The predicted octanol–water partition coefficient (Wildman–Crippen LogP) is 2.30. The third-order valence-electron chi connectivity index (χ3n) is 1.87. The summed E-state index contributed by atoms with van der Waals surface area (Å²) >= 11 is 7.05. The van der Waals surface area contributed by atoms with E-state index in [1.165, 1.54) is 29.8 Å². The summed E-state index contributed by atoms with van der Waals surface area (Å²) in [7, 11) is -3.73. The van der Waals surface area contributed by atoms with Crippen LogP contribution in [0.1, 0.15) is 4.88 Å². The molecule has 0 unspecified atom stereocenters. The van der Waals surface area contributed by atoms with Gasteiger partial charge in [0.15, 0.2) is 5.13 Å². The number of nitrogens with zero attached hydrogens (tertiary/aromatic N) is 2. The Balaban J connectivity index is 2.35. The van der Waals surface area contributed by atoms with Crippen LogP contribution < -0.4 is 4.72 Å². The Morgan fingerprint density at radius 2 is 2.18 bits per heavy atom. The maximum atomic E-state index is 12.0. The second-order valence-corrected chi connectivity index (χ2v) is 6.48. The largest absolute Gasteiger partial charge is 0.266 e. The van der Waals surface area contributed by atoms with Crippen molar-refractivity contribution in [1.29, 1.82) is 0 Å². The van der Waals surface area contributed by atoms with E-state index >= 15 is 0 Å². The maximum Gasteiger partial charge on any atom is 0.266 e. The zero-order valence-electron chi connectivity index (χ0n) is 8.71. The first kappa shape index (κ1) is 12.3. The van der Waals surface area contributed by atoms with Gasteiger partial charge >= 0.3 is 0 Å². The highest BCUT2D eigenvalue weighted by atomic mass is 35.5. The highest BCUT2D eigenvalue weighted by Crippen LogP contribution is 2.24. The van der Waals surface area contributed by atoms with Gasteiger partial charge in [-0.15, -0.1) is 11.3 Å². The summed E-state index contributed by atoms with van der Waals surface area (Å²) in [5, 5.41) is 0.434. The number of aryl methyl sites for hydroxylation is 1. The molecule has 0 spiro atoms. The van der Waals surface area contributed by atoms with Gasteiger partial charge in [0.1, 0.15) is 4.90 Å². The van der Waals surface area contributed by atoms with Crippen molar-refractivity contribution in [2.45, 2.75) is 11.8 Å². The van der Waals surface area contributed by atoms with E-state index in [1.807, 2.05) is 6.92 Å². The van der Waals surface area contributed by atoms with E-state index in [0.29, 0.717) is 5.13 Å². The molecule has 5 nitrogen and oxygen atoms in total. The van der Waals surface area contributed by atoms with Gasteiger partial charge in [-0.3, -0.25) is 9.71 Å². The van der Waals surface area contributed by atoms with Gasteiger partial charge in [-0.2, -0.15) is 0 Å². The average molecular weight is 290 g/mol. The lowest BCUT2D eigenvalue weighted by molar-refractivity contribution is 0.601. The van der Waals surface area contributed by atoms with Crippen molar-refractivity contribution in [3.8, 4) is 0 Å². The summed E-state index contributed by atoms with van der Waals surface area (Å²) in [4.78, 5) is 8.51. The molecule has 90 valence electrons. The molecule has 0 bridgehead atoms. The maximum absolute atomic E-state index is 12.0.